The van der Waals surface area contributed by atoms with E-state index in [9.17, 15) is 9.59 Å². The lowest BCUT2D eigenvalue weighted by molar-refractivity contribution is -0.113. The molecule has 0 bridgehead atoms. The molecule has 0 aliphatic heterocycles. The van der Waals surface area contributed by atoms with Gasteiger partial charge >= 0.3 is 0 Å². The fraction of sp³-hybridized carbons (Fsp3) is 0.222. The van der Waals surface area contributed by atoms with E-state index in [0.29, 0.717) is 34.5 Å². The Balaban J connectivity index is 1.68. The molecule has 3 rings (SSSR count). The second-order valence-electron chi connectivity index (χ2n) is 5.47. The summed E-state index contributed by atoms with van der Waals surface area (Å²) in [4.78, 5) is 23.9. The molecule has 0 radical (unpaired) electrons. The van der Waals surface area contributed by atoms with Crippen molar-refractivity contribution in [1.29, 1.82) is 0 Å². The van der Waals surface area contributed by atoms with Gasteiger partial charge in [-0.1, -0.05) is 23.9 Å². The summed E-state index contributed by atoms with van der Waals surface area (Å²) in [6.07, 6.45) is 1.58. The Bertz CT molecular complexity index is 918. The number of carbonyl (C=O) groups is 2. The Morgan fingerprint density at radius 3 is 2.69 bits per heavy atom. The number of hydrogen-bond acceptors (Lipinski definition) is 6. The van der Waals surface area contributed by atoms with Crippen molar-refractivity contribution in [2.75, 3.05) is 11.1 Å². The summed E-state index contributed by atoms with van der Waals surface area (Å²) in [5.74, 6) is 1.10. The van der Waals surface area contributed by atoms with Gasteiger partial charge in [-0.2, -0.15) is 0 Å². The van der Waals surface area contributed by atoms with Gasteiger partial charge in [0.05, 0.1) is 17.7 Å². The van der Waals surface area contributed by atoms with Crippen LogP contribution in [0.4, 0.5) is 5.69 Å². The molecule has 8 heteroatoms. The Morgan fingerprint density at radius 2 is 2.00 bits per heavy atom. The largest absolute Gasteiger partial charge is 0.461 e. The SMILES string of the molecule is CCn1c(SCC(=O)Nc2ccccc2C(C)=O)nnc1-c1ccco1. The monoisotopic (exact) mass is 370 g/mol. The molecule has 2 heterocycles. The molecule has 0 unspecified atom stereocenters. The van der Waals surface area contributed by atoms with Gasteiger partial charge in [-0.25, -0.2) is 0 Å². The lowest BCUT2D eigenvalue weighted by atomic mass is 10.1. The first-order valence-corrected chi connectivity index (χ1v) is 9.08. The second kappa shape index (κ2) is 8.01. The average molecular weight is 370 g/mol. The Kier molecular flexibility index (Phi) is 5.52. The van der Waals surface area contributed by atoms with Gasteiger partial charge < -0.3 is 9.73 Å². The van der Waals surface area contributed by atoms with Crippen LogP contribution in [0.3, 0.4) is 0 Å². The number of aromatic nitrogens is 3. The topological polar surface area (TPSA) is 90.0 Å². The van der Waals surface area contributed by atoms with Gasteiger partial charge in [0.1, 0.15) is 0 Å². The van der Waals surface area contributed by atoms with Crippen LogP contribution in [-0.2, 0) is 11.3 Å². The summed E-state index contributed by atoms with van der Waals surface area (Å²) in [6, 6.07) is 10.5. The molecule has 0 aliphatic carbocycles. The van der Waals surface area contributed by atoms with Crippen molar-refractivity contribution >= 4 is 29.1 Å². The fourth-order valence-corrected chi connectivity index (χ4v) is 3.29. The smallest absolute Gasteiger partial charge is 0.234 e. The summed E-state index contributed by atoms with van der Waals surface area (Å²) in [5, 5.41) is 11.7. The number of rotatable bonds is 7. The standard InChI is InChI=1S/C18H18N4O3S/c1-3-22-17(15-9-6-10-25-15)20-21-18(22)26-11-16(24)19-14-8-5-4-7-13(14)12(2)23/h4-10H,3,11H2,1-2H3,(H,19,24). The molecule has 1 N–H and O–H groups in total. The van der Waals surface area contributed by atoms with Crippen LogP contribution in [0.5, 0.6) is 0 Å². The molecule has 3 aromatic rings. The third-order valence-corrected chi connectivity index (χ3v) is 4.65. The molecule has 2 aromatic heterocycles. The van der Waals surface area contributed by atoms with Gasteiger partial charge in [0, 0.05) is 12.1 Å². The summed E-state index contributed by atoms with van der Waals surface area (Å²) < 4.78 is 7.26. The van der Waals surface area contributed by atoms with E-state index in [1.165, 1.54) is 18.7 Å². The van der Waals surface area contributed by atoms with E-state index < -0.39 is 0 Å². The highest BCUT2D eigenvalue weighted by Crippen LogP contribution is 2.24. The van der Waals surface area contributed by atoms with Crippen molar-refractivity contribution in [3.63, 3.8) is 0 Å². The number of amides is 1. The predicted octanol–water partition coefficient (Wildman–Crippen LogP) is 3.49. The van der Waals surface area contributed by atoms with Crippen molar-refractivity contribution in [2.24, 2.45) is 0 Å². The molecule has 0 saturated heterocycles. The highest BCUT2D eigenvalue weighted by atomic mass is 32.2. The van der Waals surface area contributed by atoms with Crippen LogP contribution in [0.15, 0.2) is 52.2 Å². The number of para-hydroxylation sites is 1. The quantitative estimate of drug-likeness (QED) is 0.506. The van der Waals surface area contributed by atoms with Gasteiger partial charge in [-0.3, -0.25) is 14.2 Å². The zero-order valence-corrected chi connectivity index (χ0v) is 15.2. The summed E-state index contributed by atoms with van der Waals surface area (Å²) in [6.45, 7) is 4.10. The van der Waals surface area contributed by atoms with E-state index in [1.54, 1.807) is 36.6 Å². The summed E-state index contributed by atoms with van der Waals surface area (Å²) >= 11 is 1.28. The third-order valence-electron chi connectivity index (χ3n) is 3.69. The van der Waals surface area contributed by atoms with E-state index >= 15 is 0 Å². The zero-order chi connectivity index (χ0) is 18.5. The van der Waals surface area contributed by atoms with Crippen molar-refractivity contribution in [2.45, 2.75) is 25.5 Å². The molecule has 0 aliphatic rings. The number of furan rings is 1. The van der Waals surface area contributed by atoms with E-state index in [4.69, 9.17) is 4.42 Å². The lowest BCUT2D eigenvalue weighted by Crippen LogP contribution is -2.16. The van der Waals surface area contributed by atoms with Crippen LogP contribution in [0, 0.1) is 0 Å². The Labute approximate surface area is 154 Å². The number of nitrogens with one attached hydrogen (secondary N) is 1. The van der Waals surface area contributed by atoms with Gasteiger partial charge in [0.25, 0.3) is 0 Å². The Hall–Kier alpha value is -2.87. The van der Waals surface area contributed by atoms with Crippen molar-refractivity contribution < 1.29 is 14.0 Å². The van der Waals surface area contributed by atoms with Crippen LogP contribution in [0.2, 0.25) is 0 Å². The van der Waals surface area contributed by atoms with Crippen molar-refractivity contribution in [3.05, 3.63) is 48.2 Å². The minimum Gasteiger partial charge on any atom is -0.461 e. The number of benzene rings is 1. The molecule has 1 aromatic carbocycles. The molecule has 1 amide bonds. The molecule has 26 heavy (non-hydrogen) atoms. The maximum atomic E-state index is 12.3. The van der Waals surface area contributed by atoms with E-state index in [-0.39, 0.29) is 17.4 Å². The van der Waals surface area contributed by atoms with Crippen LogP contribution in [0.25, 0.3) is 11.6 Å². The summed E-state index contributed by atoms with van der Waals surface area (Å²) in [7, 11) is 0. The molecule has 0 fully saturated rings. The highest BCUT2D eigenvalue weighted by molar-refractivity contribution is 7.99. The molecule has 7 nitrogen and oxygen atoms in total. The predicted molar refractivity (Wildman–Crippen MR) is 99.2 cm³/mol. The molecule has 0 atom stereocenters. The number of carbonyl (C=O) groups excluding carboxylic acids is 2. The minimum atomic E-state index is -0.214. The van der Waals surface area contributed by atoms with Crippen LogP contribution < -0.4 is 5.32 Å². The number of hydrogen-bond donors (Lipinski definition) is 1. The van der Waals surface area contributed by atoms with E-state index in [2.05, 4.69) is 15.5 Å². The first kappa shape index (κ1) is 17.9. The van der Waals surface area contributed by atoms with E-state index in [1.807, 2.05) is 17.6 Å². The van der Waals surface area contributed by atoms with Crippen LogP contribution in [0.1, 0.15) is 24.2 Å². The molecule has 134 valence electrons. The second-order valence-corrected chi connectivity index (χ2v) is 6.41. The van der Waals surface area contributed by atoms with Crippen LogP contribution >= 0.6 is 11.8 Å². The van der Waals surface area contributed by atoms with Crippen molar-refractivity contribution in [3.8, 4) is 11.6 Å². The third kappa shape index (κ3) is 3.85. The number of ketones is 1. The molecular weight excluding hydrogens is 352 g/mol. The number of Topliss-reactive ketones (excluding diaryl/α,β-unsaturated/α-hetero) is 1. The van der Waals surface area contributed by atoms with Gasteiger partial charge in [0.15, 0.2) is 22.5 Å². The number of nitrogens with zero attached hydrogens (tertiary/aromatic N) is 3. The Morgan fingerprint density at radius 1 is 1.19 bits per heavy atom. The van der Waals surface area contributed by atoms with E-state index in [0.717, 1.165) is 0 Å². The minimum absolute atomic E-state index is 0.0950. The van der Waals surface area contributed by atoms with Gasteiger partial charge in [0.2, 0.25) is 5.91 Å². The normalized spacial score (nSPS) is 10.7. The molecule has 0 spiro atoms. The highest BCUT2D eigenvalue weighted by Gasteiger charge is 2.17. The fourth-order valence-electron chi connectivity index (χ4n) is 2.48. The maximum absolute atomic E-state index is 12.3. The molecule has 0 saturated carbocycles. The van der Waals surface area contributed by atoms with Gasteiger partial charge in [-0.05, 0) is 38.1 Å². The lowest BCUT2D eigenvalue weighted by Gasteiger charge is -2.09. The number of thioether (sulfide) groups is 1. The first-order chi connectivity index (χ1) is 12.6. The maximum Gasteiger partial charge on any atom is 0.234 e. The number of anilines is 1. The summed E-state index contributed by atoms with van der Waals surface area (Å²) in [5.41, 5.74) is 1.00. The average Bonchev–Trinajstić information content (AvgIpc) is 3.29. The first-order valence-electron chi connectivity index (χ1n) is 8.09. The molecular formula is C18H18N4O3S. The zero-order valence-electron chi connectivity index (χ0n) is 14.4. The van der Waals surface area contributed by atoms with Crippen molar-refractivity contribution in [1.82, 2.24) is 14.8 Å². The van der Waals surface area contributed by atoms with Gasteiger partial charge in [-0.15, -0.1) is 10.2 Å². The van der Waals surface area contributed by atoms with Crippen LogP contribution in [-0.4, -0.2) is 32.2 Å².